The van der Waals surface area contributed by atoms with Crippen LogP contribution < -0.4 is 5.56 Å². The summed E-state index contributed by atoms with van der Waals surface area (Å²) in [5.41, 5.74) is 1.87. The minimum atomic E-state index is -0.400. The highest BCUT2D eigenvalue weighted by atomic mass is 35.5. The first-order chi connectivity index (χ1) is 12.5. The van der Waals surface area contributed by atoms with E-state index >= 15 is 0 Å². The summed E-state index contributed by atoms with van der Waals surface area (Å²) in [7, 11) is 0. The molecule has 1 aliphatic heterocycles. The Balaban J connectivity index is 1.60. The van der Waals surface area contributed by atoms with Gasteiger partial charge in [-0.25, -0.2) is 9.50 Å². The fourth-order valence-electron chi connectivity index (χ4n) is 3.11. The Morgan fingerprint density at radius 3 is 2.88 bits per heavy atom. The number of hydrogen-bond acceptors (Lipinski definition) is 4. The monoisotopic (exact) mass is 372 g/mol. The largest absolute Gasteiger partial charge is 0.370 e. The number of aromatic nitrogens is 3. The summed E-state index contributed by atoms with van der Waals surface area (Å²) in [6.45, 7) is 3.02. The molecule has 1 unspecified atom stereocenters. The molecule has 1 atom stereocenters. The molecule has 1 fully saturated rings. The summed E-state index contributed by atoms with van der Waals surface area (Å²) in [5, 5.41) is 3.54. The third kappa shape index (κ3) is 3.00. The Kier molecular flexibility index (Phi) is 4.26. The predicted molar refractivity (Wildman–Crippen MR) is 96.6 cm³/mol. The number of aromatic amines is 1. The lowest BCUT2D eigenvalue weighted by atomic mass is 10.1. The van der Waals surface area contributed by atoms with Crippen molar-refractivity contribution in [3.8, 4) is 0 Å². The molecule has 3 aromatic rings. The summed E-state index contributed by atoms with van der Waals surface area (Å²) >= 11 is 5.92. The number of halogens is 1. The number of H-pyrrole nitrogens is 1. The maximum absolute atomic E-state index is 12.9. The van der Waals surface area contributed by atoms with Crippen LogP contribution in [0.15, 0.2) is 41.3 Å². The average Bonchev–Trinajstić information content (AvgIpc) is 3.04. The molecule has 1 aromatic carbocycles. The maximum Gasteiger partial charge on any atom is 0.285 e. The zero-order valence-corrected chi connectivity index (χ0v) is 14.9. The SMILES string of the molecule is Cc1cc2ncc(C(=O)N3CCOC(c4ccc(Cl)cc4)C3)c(=O)n2[nH]1. The third-order valence-corrected chi connectivity index (χ3v) is 4.70. The molecule has 0 spiro atoms. The summed E-state index contributed by atoms with van der Waals surface area (Å²) in [6, 6.07) is 9.09. The summed E-state index contributed by atoms with van der Waals surface area (Å²) in [4.78, 5) is 31.3. The van der Waals surface area contributed by atoms with Crippen LogP contribution in [0.5, 0.6) is 0 Å². The normalized spacial score (nSPS) is 17.6. The number of ether oxygens (including phenoxy) is 1. The van der Waals surface area contributed by atoms with Gasteiger partial charge in [0.05, 0.1) is 13.2 Å². The molecule has 2 aromatic heterocycles. The van der Waals surface area contributed by atoms with E-state index in [1.165, 1.54) is 10.7 Å². The zero-order chi connectivity index (χ0) is 18.3. The number of nitrogens with one attached hydrogen (secondary N) is 1. The van der Waals surface area contributed by atoms with Crippen molar-refractivity contribution in [1.82, 2.24) is 19.5 Å². The fraction of sp³-hybridized carbons (Fsp3) is 0.278. The number of carbonyl (C=O) groups excluding carboxylic acids is 1. The van der Waals surface area contributed by atoms with Crippen molar-refractivity contribution in [2.45, 2.75) is 13.0 Å². The van der Waals surface area contributed by atoms with Gasteiger partial charge in [-0.05, 0) is 24.6 Å². The molecule has 26 heavy (non-hydrogen) atoms. The van der Waals surface area contributed by atoms with Gasteiger partial charge in [0.25, 0.3) is 11.5 Å². The van der Waals surface area contributed by atoms with Gasteiger partial charge in [-0.15, -0.1) is 0 Å². The van der Waals surface area contributed by atoms with Crippen LogP contribution in [0.2, 0.25) is 5.02 Å². The van der Waals surface area contributed by atoms with E-state index in [9.17, 15) is 9.59 Å². The lowest BCUT2D eigenvalue weighted by Crippen LogP contribution is -2.44. The molecule has 134 valence electrons. The number of carbonyl (C=O) groups is 1. The summed E-state index contributed by atoms with van der Waals surface area (Å²) in [5.74, 6) is -0.341. The maximum atomic E-state index is 12.9. The van der Waals surface area contributed by atoms with Crippen molar-refractivity contribution < 1.29 is 9.53 Å². The first-order valence-corrected chi connectivity index (χ1v) is 8.64. The Bertz CT molecular complexity index is 1030. The van der Waals surface area contributed by atoms with Crippen molar-refractivity contribution in [3.05, 3.63) is 68.7 Å². The van der Waals surface area contributed by atoms with E-state index in [0.29, 0.717) is 30.4 Å². The van der Waals surface area contributed by atoms with E-state index in [0.717, 1.165) is 11.3 Å². The number of aryl methyl sites for hydroxylation is 1. The van der Waals surface area contributed by atoms with Gasteiger partial charge in [-0.1, -0.05) is 23.7 Å². The van der Waals surface area contributed by atoms with Crippen LogP contribution in [0.3, 0.4) is 0 Å². The highest BCUT2D eigenvalue weighted by molar-refractivity contribution is 6.30. The molecule has 7 nitrogen and oxygen atoms in total. The van der Waals surface area contributed by atoms with Gasteiger partial charge >= 0.3 is 0 Å². The van der Waals surface area contributed by atoms with E-state index < -0.39 is 5.56 Å². The molecule has 0 aliphatic carbocycles. The molecule has 1 N–H and O–H groups in total. The number of rotatable bonds is 2. The molecule has 0 bridgehead atoms. The van der Waals surface area contributed by atoms with Gasteiger partial charge in [0.2, 0.25) is 0 Å². The highest BCUT2D eigenvalue weighted by Gasteiger charge is 2.28. The lowest BCUT2D eigenvalue weighted by Gasteiger charge is -2.33. The quantitative estimate of drug-likeness (QED) is 0.747. The standard InChI is InChI=1S/C18H17ClN4O3/c1-11-8-16-20-9-14(18(25)23(16)21-11)17(24)22-6-7-26-15(10-22)12-2-4-13(19)5-3-12/h2-5,8-9,15,21H,6-7,10H2,1H3. The van der Waals surface area contributed by atoms with Crippen LogP contribution in [0.4, 0.5) is 0 Å². The first kappa shape index (κ1) is 16.8. The van der Waals surface area contributed by atoms with Crippen molar-refractivity contribution in [2.75, 3.05) is 19.7 Å². The van der Waals surface area contributed by atoms with Crippen LogP contribution in [-0.4, -0.2) is 45.1 Å². The average molecular weight is 373 g/mol. The number of morpholine rings is 1. The molecule has 1 saturated heterocycles. The van der Waals surface area contributed by atoms with Crippen molar-refractivity contribution in [3.63, 3.8) is 0 Å². The molecule has 0 saturated carbocycles. The molecule has 4 rings (SSSR count). The number of amides is 1. The van der Waals surface area contributed by atoms with Gasteiger partial charge in [0.1, 0.15) is 11.7 Å². The molecule has 0 radical (unpaired) electrons. The zero-order valence-electron chi connectivity index (χ0n) is 14.1. The van der Waals surface area contributed by atoms with Gasteiger partial charge in [0.15, 0.2) is 5.65 Å². The van der Waals surface area contributed by atoms with E-state index in [4.69, 9.17) is 16.3 Å². The minimum Gasteiger partial charge on any atom is -0.370 e. The van der Waals surface area contributed by atoms with Gasteiger partial charge in [0, 0.05) is 29.5 Å². The van der Waals surface area contributed by atoms with E-state index in [-0.39, 0.29) is 17.6 Å². The van der Waals surface area contributed by atoms with Gasteiger partial charge in [-0.2, -0.15) is 0 Å². The van der Waals surface area contributed by atoms with Crippen molar-refractivity contribution >= 4 is 23.2 Å². The highest BCUT2D eigenvalue weighted by Crippen LogP contribution is 2.24. The molecule has 3 heterocycles. The van der Waals surface area contributed by atoms with E-state index in [1.54, 1.807) is 23.1 Å². The molecular weight excluding hydrogens is 356 g/mol. The van der Waals surface area contributed by atoms with Gasteiger partial charge < -0.3 is 9.64 Å². The molecule has 1 aliphatic rings. The second-order valence-electron chi connectivity index (χ2n) is 6.27. The third-order valence-electron chi connectivity index (χ3n) is 4.45. The van der Waals surface area contributed by atoms with Crippen LogP contribution in [-0.2, 0) is 4.74 Å². The topological polar surface area (TPSA) is 79.7 Å². The first-order valence-electron chi connectivity index (χ1n) is 8.26. The Hall–Kier alpha value is -2.64. The van der Waals surface area contributed by atoms with Crippen LogP contribution in [0.1, 0.15) is 27.7 Å². The molecule has 8 heteroatoms. The Morgan fingerprint density at radius 1 is 1.35 bits per heavy atom. The summed E-state index contributed by atoms with van der Waals surface area (Å²) in [6.07, 6.45) is 1.09. The number of nitrogens with zero attached hydrogens (tertiary/aromatic N) is 3. The Morgan fingerprint density at radius 2 is 2.12 bits per heavy atom. The number of hydrogen-bond donors (Lipinski definition) is 1. The molecular formula is C18H17ClN4O3. The summed E-state index contributed by atoms with van der Waals surface area (Å²) < 4.78 is 7.07. The van der Waals surface area contributed by atoms with Crippen LogP contribution in [0, 0.1) is 6.92 Å². The van der Waals surface area contributed by atoms with Gasteiger partial charge in [-0.3, -0.25) is 14.7 Å². The smallest absolute Gasteiger partial charge is 0.285 e. The Labute approximate surface area is 154 Å². The predicted octanol–water partition coefficient (Wildman–Crippen LogP) is 2.20. The van der Waals surface area contributed by atoms with E-state index in [1.807, 2.05) is 19.1 Å². The fourth-order valence-corrected chi connectivity index (χ4v) is 3.24. The number of fused-ring (bicyclic) bond motifs is 1. The van der Waals surface area contributed by atoms with E-state index in [2.05, 4.69) is 10.1 Å². The van der Waals surface area contributed by atoms with Crippen LogP contribution in [0.25, 0.3) is 5.65 Å². The van der Waals surface area contributed by atoms with Crippen molar-refractivity contribution in [1.29, 1.82) is 0 Å². The minimum absolute atomic E-state index is 0.0427. The molecule has 1 amide bonds. The second kappa shape index (κ2) is 6.59. The van der Waals surface area contributed by atoms with Crippen molar-refractivity contribution in [2.24, 2.45) is 0 Å². The lowest BCUT2D eigenvalue weighted by molar-refractivity contribution is -0.0229. The van der Waals surface area contributed by atoms with Crippen LogP contribution >= 0.6 is 11.6 Å². The second-order valence-corrected chi connectivity index (χ2v) is 6.71. The number of benzene rings is 1.